The lowest BCUT2D eigenvalue weighted by Gasteiger charge is -2.42. The van der Waals surface area contributed by atoms with Crippen LogP contribution in [0.1, 0.15) is 32.6 Å². The van der Waals surface area contributed by atoms with Gasteiger partial charge in [0.15, 0.2) is 0 Å². The first-order valence-corrected chi connectivity index (χ1v) is 7.29. The number of furan rings is 1. The lowest BCUT2D eigenvalue weighted by molar-refractivity contribution is 0.0603. The first kappa shape index (κ1) is 14.6. The highest BCUT2D eigenvalue weighted by Gasteiger charge is 2.25. The van der Waals surface area contributed by atoms with Crippen LogP contribution >= 0.6 is 0 Å². The van der Waals surface area contributed by atoms with Gasteiger partial charge in [-0.05, 0) is 40.0 Å². The zero-order chi connectivity index (χ0) is 13.8. The number of nitrogens with one attached hydrogen (secondary N) is 1. The molecule has 0 saturated carbocycles. The molecule has 1 N–H and O–H groups in total. The van der Waals surface area contributed by atoms with E-state index in [1.54, 1.807) is 6.26 Å². The molecule has 1 fully saturated rings. The predicted octanol–water partition coefficient (Wildman–Crippen LogP) is 1.95. The standard InChI is InChI=1S/C15H27N3O/c1-12-10-18(11-13(2)17(12)4)8-7-16-14(3)15-6-5-9-19-15/h5-6,9,12-14,16H,7-8,10-11H2,1-4H3. The number of likely N-dealkylation sites (N-methyl/N-ethyl adjacent to an activating group) is 1. The second-order valence-corrected chi connectivity index (χ2v) is 5.81. The van der Waals surface area contributed by atoms with E-state index in [1.165, 1.54) is 0 Å². The molecule has 1 aliphatic rings. The monoisotopic (exact) mass is 265 g/mol. The van der Waals surface area contributed by atoms with Crippen LogP contribution in [0, 0.1) is 0 Å². The Morgan fingerprint density at radius 1 is 1.37 bits per heavy atom. The maximum absolute atomic E-state index is 5.40. The van der Waals surface area contributed by atoms with Crippen LogP contribution < -0.4 is 5.32 Å². The third-order valence-electron chi connectivity index (χ3n) is 4.28. The molecule has 1 aromatic rings. The number of hydrogen-bond acceptors (Lipinski definition) is 4. The molecule has 2 rings (SSSR count). The molecule has 3 unspecified atom stereocenters. The van der Waals surface area contributed by atoms with Gasteiger partial charge in [0.1, 0.15) is 5.76 Å². The van der Waals surface area contributed by atoms with Crippen molar-refractivity contribution in [3.05, 3.63) is 24.2 Å². The summed E-state index contributed by atoms with van der Waals surface area (Å²) in [7, 11) is 2.23. The Morgan fingerprint density at radius 3 is 2.63 bits per heavy atom. The van der Waals surface area contributed by atoms with E-state index < -0.39 is 0 Å². The van der Waals surface area contributed by atoms with Gasteiger partial charge in [0.2, 0.25) is 0 Å². The van der Waals surface area contributed by atoms with E-state index in [4.69, 9.17) is 4.42 Å². The zero-order valence-electron chi connectivity index (χ0n) is 12.6. The maximum atomic E-state index is 5.40. The Kier molecular flexibility index (Phi) is 5.02. The Balaban J connectivity index is 1.71. The van der Waals surface area contributed by atoms with Gasteiger partial charge in [0.25, 0.3) is 0 Å². The second-order valence-electron chi connectivity index (χ2n) is 5.81. The zero-order valence-corrected chi connectivity index (χ0v) is 12.6. The smallest absolute Gasteiger partial charge is 0.120 e. The molecule has 0 aromatic carbocycles. The molecular weight excluding hydrogens is 238 g/mol. The summed E-state index contributed by atoms with van der Waals surface area (Å²) in [4.78, 5) is 5.02. The summed E-state index contributed by atoms with van der Waals surface area (Å²) in [6.45, 7) is 11.2. The van der Waals surface area contributed by atoms with Crippen molar-refractivity contribution >= 4 is 0 Å². The number of nitrogens with zero attached hydrogens (tertiary/aromatic N) is 2. The van der Waals surface area contributed by atoms with E-state index in [9.17, 15) is 0 Å². The van der Waals surface area contributed by atoms with Crippen LogP contribution in [-0.4, -0.2) is 55.1 Å². The van der Waals surface area contributed by atoms with Crippen molar-refractivity contribution in [2.75, 3.05) is 33.2 Å². The number of rotatable bonds is 5. The lowest BCUT2D eigenvalue weighted by Crippen LogP contribution is -2.55. The molecule has 108 valence electrons. The molecule has 1 saturated heterocycles. The fourth-order valence-electron chi connectivity index (χ4n) is 2.77. The van der Waals surface area contributed by atoms with Gasteiger partial charge < -0.3 is 9.73 Å². The van der Waals surface area contributed by atoms with Crippen molar-refractivity contribution in [2.24, 2.45) is 0 Å². The second kappa shape index (κ2) is 6.55. The molecule has 19 heavy (non-hydrogen) atoms. The first-order valence-electron chi connectivity index (χ1n) is 7.29. The molecule has 1 aliphatic heterocycles. The minimum atomic E-state index is 0.289. The van der Waals surface area contributed by atoms with Crippen LogP contribution in [0.15, 0.2) is 22.8 Å². The van der Waals surface area contributed by atoms with Gasteiger partial charge in [-0.15, -0.1) is 0 Å². The lowest BCUT2D eigenvalue weighted by atomic mass is 10.1. The van der Waals surface area contributed by atoms with Crippen molar-refractivity contribution in [2.45, 2.75) is 38.9 Å². The third kappa shape index (κ3) is 3.81. The van der Waals surface area contributed by atoms with Gasteiger partial charge in [-0.3, -0.25) is 9.80 Å². The minimum Gasteiger partial charge on any atom is -0.468 e. The normalized spacial score (nSPS) is 27.6. The molecule has 2 heterocycles. The molecular formula is C15H27N3O. The summed E-state index contributed by atoms with van der Waals surface area (Å²) in [5, 5.41) is 3.52. The molecule has 0 spiro atoms. The number of hydrogen-bond donors (Lipinski definition) is 1. The van der Waals surface area contributed by atoms with E-state index in [1.807, 2.05) is 12.1 Å². The Morgan fingerprint density at radius 2 is 2.05 bits per heavy atom. The fraction of sp³-hybridized carbons (Fsp3) is 0.733. The van der Waals surface area contributed by atoms with Gasteiger partial charge in [-0.25, -0.2) is 0 Å². The Hall–Kier alpha value is -0.840. The first-order chi connectivity index (χ1) is 9.08. The van der Waals surface area contributed by atoms with Gasteiger partial charge in [-0.1, -0.05) is 0 Å². The topological polar surface area (TPSA) is 31.6 Å². The summed E-state index contributed by atoms with van der Waals surface area (Å²) in [5.41, 5.74) is 0. The Bertz CT molecular complexity index is 353. The van der Waals surface area contributed by atoms with Crippen molar-refractivity contribution < 1.29 is 4.42 Å². The van der Waals surface area contributed by atoms with E-state index in [2.05, 4.69) is 42.9 Å². The van der Waals surface area contributed by atoms with Gasteiger partial charge >= 0.3 is 0 Å². The van der Waals surface area contributed by atoms with E-state index in [-0.39, 0.29) is 6.04 Å². The highest BCUT2D eigenvalue weighted by molar-refractivity contribution is 5.02. The van der Waals surface area contributed by atoms with Crippen molar-refractivity contribution in [3.8, 4) is 0 Å². The van der Waals surface area contributed by atoms with E-state index in [0.29, 0.717) is 12.1 Å². The van der Waals surface area contributed by atoms with Crippen molar-refractivity contribution in [1.82, 2.24) is 15.1 Å². The molecule has 0 amide bonds. The molecule has 4 heteroatoms. The molecule has 1 aromatic heterocycles. The molecule has 4 nitrogen and oxygen atoms in total. The average Bonchev–Trinajstić information content (AvgIpc) is 2.89. The third-order valence-corrected chi connectivity index (χ3v) is 4.28. The number of piperazine rings is 1. The summed E-state index contributed by atoms with van der Waals surface area (Å²) in [6.07, 6.45) is 1.73. The largest absolute Gasteiger partial charge is 0.468 e. The Labute approximate surface area is 116 Å². The fourth-order valence-corrected chi connectivity index (χ4v) is 2.77. The van der Waals surface area contributed by atoms with Crippen molar-refractivity contribution in [3.63, 3.8) is 0 Å². The quantitative estimate of drug-likeness (QED) is 0.882. The van der Waals surface area contributed by atoms with E-state index in [0.717, 1.165) is 31.9 Å². The SMILES string of the molecule is CC(NCCN1CC(C)N(C)C(C)C1)c1ccco1. The predicted molar refractivity (Wildman–Crippen MR) is 78.3 cm³/mol. The van der Waals surface area contributed by atoms with Gasteiger partial charge in [0, 0.05) is 38.3 Å². The molecule has 3 atom stereocenters. The van der Waals surface area contributed by atoms with Crippen LogP contribution in [0.2, 0.25) is 0 Å². The maximum Gasteiger partial charge on any atom is 0.120 e. The van der Waals surface area contributed by atoms with Crippen LogP contribution in [0.25, 0.3) is 0 Å². The van der Waals surface area contributed by atoms with Crippen LogP contribution in [-0.2, 0) is 0 Å². The van der Waals surface area contributed by atoms with Crippen LogP contribution in [0.3, 0.4) is 0 Å². The van der Waals surface area contributed by atoms with Gasteiger partial charge in [-0.2, -0.15) is 0 Å². The highest BCUT2D eigenvalue weighted by Crippen LogP contribution is 2.14. The molecule has 0 bridgehead atoms. The minimum absolute atomic E-state index is 0.289. The highest BCUT2D eigenvalue weighted by atomic mass is 16.3. The van der Waals surface area contributed by atoms with Crippen molar-refractivity contribution in [1.29, 1.82) is 0 Å². The summed E-state index contributed by atoms with van der Waals surface area (Å²) >= 11 is 0. The molecule has 0 aliphatic carbocycles. The van der Waals surface area contributed by atoms with Gasteiger partial charge in [0.05, 0.1) is 12.3 Å². The van der Waals surface area contributed by atoms with Crippen LogP contribution in [0.4, 0.5) is 0 Å². The summed E-state index contributed by atoms with van der Waals surface area (Å²) in [5.74, 6) is 1.01. The summed E-state index contributed by atoms with van der Waals surface area (Å²) in [6, 6.07) is 5.55. The van der Waals surface area contributed by atoms with E-state index >= 15 is 0 Å². The molecule has 0 radical (unpaired) electrons. The summed E-state index contributed by atoms with van der Waals surface area (Å²) < 4.78 is 5.40. The van der Waals surface area contributed by atoms with Crippen LogP contribution in [0.5, 0.6) is 0 Å². The average molecular weight is 265 g/mol.